The van der Waals surface area contributed by atoms with Gasteiger partial charge in [-0.3, -0.25) is 0 Å². The highest BCUT2D eigenvalue weighted by Crippen LogP contribution is 2.47. The molecule has 0 unspecified atom stereocenters. The topological polar surface area (TPSA) is 20.2 Å². The van der Waals surface area contributed by atoms with Gasteiger partial charge in [0.2, 0.25) is 0 Å². The number of benzene rings is 9. The Labute approximate surface area is 305 Å². The van der Waals surface area contributed by atoms with Gasteiger partial charge in [0.25, 0.3) is 0 Å². The summed E-state index contributed by atoms with van der Waals surface area (Å²) in [6.07, 6.45) is 0. The van der Waals surface area contributed by atoms with Crippen molar-refractivity contribution < 1.29 is 0 Å². The molecular weight excluding hydrogens is 639 g/mol. The highest BCUT2D eigenvalue weighted by Gasteiger charge is 2.31. The molecular formula is C50H28BN2. The number of aromatic amines is 1. The molecule has 0 atom stereocenters. The Balaban J connectivity index is 1.22. The van der Waals surface area contributed by atoms with Gasteiger partial charge in [-0.05, 0) is 85.2 Å². The lowest BCUT2D eigenvalue weighted by molar-refractivity contribution is 1.38. The van der Waals surface area contributed by atoms with Crippen molar-refractivity contribution in [3.63, 3.8) is 0 Å². The van der Waals surface area contributed by atoms with Crippen LogP contribution >= 0.6 is 0 Å². The predicted octanol–water partition coefficient (Wildman–Crippen LogP) is 11.7. The average Bonchev–Trinajstić information content (AvgIpc) is 3.88. The number of aromatic nitrogens is 2. The molecule has 0 fully saturated rings. The van der Waals surface area contributed by atoms with E-state index < -0.39 is 0 Å². The first-order chi connectivity index (χ1) is 26.3. The number of para-hydroxylation sites is 1. The van der Waals surface area contributed by atoms with Crippen molar-refractivity contribution >= 4 is 99.7 Å². The van der Waals surface area contributed by atoms with Crippen molar-refractivity contribution in [2.45, 2.75) is 0 Å². The lowest BCUT2D eigenvalue weighted by Crippen LogP contribution is -2.34. The highest BCUT2D eigenvalue weighted by molar-refractivity contribution is 6.76. The first kappa shape index (κ1) is 27.8. The van der Waals surface area contributed by atoms with Crippen LogP contribution in [0.15, 0.2) is 164 Å². The van der Waals surface area contributed by atoms with Gasteiger partial charge >= 0.3 is 0 Å². The molecule has 0 saturated carbocycles. The Bertz CT molecular complexity index is 3520. The zero-order valence-corrected chi connectivity index (χ0v) is 28.6. The number of H-pyrrole nitrogens is 1. The van der Waals surface area contributed by atoms with Crippen molar-refractivity contribution in [2.75, 3.05) is 0 Å². The molecule has 0 amide bonds. The van der Waals surface area contributed by atoms with Crippen molar-refractivity contribution in [1.82, 2.24) is 9.38 Å². The van der Waals surface area contributed by atoms with Crippen LogP contribution in [0.5, 0.6) is 0 Å². The van der Waals surface area contributed by atoms with Crippen LogP contribution in [0.4, 0.5) is 0 Å². The van der Waals surface area contributed by atoms with Crippen molar-refractivity contribution in [3.8, 4) is 33.4 Å². The van der Waals surface area contributed by atoms with E-state index in [2.05, 4.69) is 180 Å². The molecule has 13 rings (SSSR count). The number of nitrogens with one attached hydrogen (secondary N) is 1. The van der Waals surface area contributed by atoms with Gasteiger partial charge in [-0.25, -0.2) is 0 Å². The Hall–Kier alpha value is -6.84. The third-order valence-corrected chi connectivity index (χ3v) is 12.0. The summed E-state index contributed by atoms with van der Waals surface area (Å²) in [6.45, 7) is 0. The van der Waals surface area contributed by atoms with Crippen molar-refractivity contribution in [1.29, 1.82) is 0 Å². The Morgan fingerprint density at radius 1 is 0.415 bits per heavy atom. The largest absolute Gasteiger partial charge is 0.354 e. The molecule has 1 radical (unpaired) electrons. The number of hydrogen-bond donors (Lipinski definition) is 1. The average molecular weight is 668 g/mol. The Morgan fingerprint density at radius 3 is 1.81 bits per heavy atom. The highest BCUT2D eigenvalue weighted by atomic mass is 14.9. The fourth-order valence-corrected chi connectivity index (χ4v) is 9.78. The molecule has 0 aliphatic carbocycles. The number of rotatable bonds is 3. The fourth-order valence-electron chi connectivity index (χ4n) is 9.78. The Morgan fingerprint density at radius 2 is 1.04 bits per heavy atom. The molecule has 9 aromatic carbocycles. The Kier molecular flexibility index (Phi) is 5.22. The van der Waals surface area contributed by atoms with Gasteiger partial charge in [0.05, 0.1) is 11.0 Å². The van der Waals surface area contributed by atoms with Crippen LogP contribution in [0, 0.1) is 0 Å². The van der Waals surface area contributed by atoms with Gasteiger partial charge in [0.1, 0.15) is 0 Å². The molecule has 53 heavy (non-hydrogen) atoms. The van der Waals surface area contributed by atoms with Gasteiger partial charge in [-0.1, -0.05) is 139 Å². The van der Waals surface area contributed by atoms with Gasteiger partial charge in [-0.2, -0.15) is 0 Å². The van der Waals surface area contributed by atoms with E-state index in [0.717, 1.165) is 0 Å². The van der Waals surface area contributed by atoms with Gasteiger partial charge in [-0.15, -0.1) is 0 Å². The standard InChI is InChI=1S/C50H28BN2/c1-3-12-28(13-4-1)32-23-39-40-24-33(29-14-5-2-6-15-29)26-42-49(40)53-48(39)41(25-32)45-35-19-10-9-18-34(35)44(46(51-42)50(45)53)37-21-11-20-36-38-22-30-16-7-8-17-31(30)27-43(38)52-47(36)37/h1-27,52H. The van der Waals surface area contributed by atoms with Gasteiger partial charge in [0.15, 0.2) is 7.28 Å². The molecule has 1 aliphatic rings. The van der Waals surface area contributed by atoms with E-state index in [1.165, 1.54) is 126 Å². The maximum absolute atomic E-state index is 3.92. The summed E-state index contributed by atoms with van der Waals surface area (Å²) in [7, 11) is 2.49. The van der Waals surface area contributed by atoms with E-state index in [0.29, 0.717) is 0 Å². The van der Waals surface area contributed by atoms with Crippen LogP contribution in [-0.4, -0.2) is 16.7 Å². The molecule has 241 valence electrons. The van der Waals surface area contributed by atoms with E-state index in [-0.39, 0.29) is 0 Å². The first-order valence-electron chi connectivity index (χ1n) is 18.4. The number of hydrogen-bond acceptors (Lipinski definition) is 0. The second-order valence-electron chi connectivity index (χ2n) is 14.7. The summed E-state index contributed by atoms with van der Waals surface area (Å²) in [5.41, 5.74) is 16.3. The molecule has 0 saturated heterocycles. The lowest BCUT2D eigenvalue weighted by atomic mass is 9.58. The summed E-state index contributed by atoms with van der Waals surface area (Å²) in [5.74, 6) is 0. The van der Waals surface area contributed by atoms with Crippen LogP contribution < -0.4 is 10.9 Å². The van der Waals surface area contributed by atoms with E-state index in [9.17, 15) is 0 Å². The molecule has 0 spiro atoms. The maximum Gasteiger partial charge on any atom is 0.197 e. The van der Waals surface area contributed by atoms with E-state index in [1.54, 1.807) is 0 Å². The normalized spacial score (nSPS) is 12.7. The summed E-state index contributed by atoms with van der Waals surface area (Å²) >= 11 is 0. The number of nitrogens with zero attached hydrogens (tertiary/aromatic N) is 1. The summed E-state index contributed by atoms with van der Waals surface area (Å²) in [4.78, 5) is 3.92. The monoisotopic (exact) mass is 667 g/mol. The van der Waals surface area contributed by atoms with E-state index >= 15 is 0 Å². The van der Waals surface area contributed by atoms with Crippen LogP contribution in [0.3, 0.4) is 0 Å². The van der Waals surface area contributed by atoms with Crippen LogP contribution in [-0.2, 0) is 0 Å². The molecule has 3 aromatic heterocycles. The minimum absolute atomic E-state index is 1.17. The van der Waals surface area contributed by atoms with E-state index in [4.69, 9.17) is 0 Å². The van der Waals surface area contributed by atoms with Crippen molar-refractivity contribution in [2.24, 2.45) is 0 Å². The molecule has 12 aromatic rings. The van der Waals surface area contributed by atoms with E-state index in [1.807, 2.05) is 0 Å². The summed E-state index contributed by atoms with van der Waals surface area (Å²) < 4.78 is 2.61. The molecule has 3 heteroatoms. The SMILES string of the molecule is [B]1c2cc(-c3ccccc3)cc3c4cc(-c5ccccc5)cc5c6c7ccccc7c(-c7cccc8c7[nH]c7cc9ccccc9cc78)c1c6n(c23)c45. The number of fused-ring (bicyclic) bond motifs is 8. The van der Waals surface area contributed by atoms with Crippen LogP contribution in [0.2, 0.25) is 0 Å². The smallest absolute Gasteiger partial charge is 0.197 e. The molecule has 2 nitrogen and oxygen atoms in total. The summed E-state index contributed by atoms with van der Waals surface area (Å²) in [6, 6.07) is 60.7. The molecule has 4 heterocycles. The van der Waals surface area contributed by atoms with Crippen LogP contribution in [0.1, 0.15) is 0 Å². The quantitative estimate of drug-likeness (QED) is 0.181. The van der Waals surface area contributed by atoms with Crippen LogP contribution in [0.25, 0.3) is 115 Å². The van der Waals surface area contributed by atoms with Gasteiger partial charge < -0.3 is 9.38 Å². The molecule has 1 N–H and O–H groups in total. The third kappa shape index (κ3) is 3.59. The predicted molar refractivity (Wildman–Crippen MR) is 227 cm³/mol. The second kappa shape index (κ2) is 9.94. The maximum atomic E-state index is 3.92. The molecule has 0 bridgehead atoms. The summed E-state index contributed by atoms with van der Waals surface area (Å²) in [5, 5.41) is 12.9. The zero-order valence-electron chi connectivity index (χ0n) is 28.6. The molecule has 1 aliphatic heterocycles. The minimum atomic E-state index is 1.17. The second-order valence-corrected chi connectivity index (χ2v) is 14.7. The lowest BCUT2D eigenvalue weighted by Gasteiger charge is -2.21. The first-order valence-corrected chi connectivity index (χ1v) is 18.4. The van der Waals surface area contributed by atoms with Crippen molar-refractivity contribution in [3.05, 3.63) is 164 Å². The minimum Gasteiger partial charge on any atom is -0.354 e. The fraction of sp³-hybridized carbons (Fsp3) is 0. The zero-order chi connectivity index (χ0) is 34.4. The third-order valence-electron chi connectivity index (χ3n) is 12.0. The van der Waals surface area contributed by atoms with Gasteiger partial charge in [0, 0.05) is 54.4 Å².